The van der Waals surface area contributed by atoms with Crippen LogP contribution in [0.3, 0.4) is 0 Å². The third kappa shape index (κ3) is 5.11. The molecule has 2 rings (SSSR count). The normalized spacial score (nSPS) is 11.8. The SMILES string of the molecule is NC(=NNc1ccccc1)N=C(N)NNc1ccccc1. The third-order valence-electron chi connectivity index (χ3n) is 2.42. The van der Waals surface area contributed by atoms with E-state index in [-0.39, 0.29) is 11.9 Å². The van der Waals surface area contributed by atoms with E-state index < -0.39 is 0 Å². The van der Waals surface area contributed by atoms with Gasteiger partial charge in [0, 0.05) is 0 Å². The van der Waals surface area contributed by atoms with Crippen molar-refractivity contribution in [3.8, 4) is 0 Å². The molecule has 0 aliphatic rings. The summed E-state index contributed by atoms with van der Waals surface area (Å²) in [4.78, 5) is 3.89. The van der Waals surface area contributed by atoms with Gasteiger partial charge < -0.3 is 11.5 Å². The molecule has 0 amide bonds. The number of nitrogens with zero attached hydrogens (tertiary/aromatic N) is 2. The van der Waals surface area contributed by atoms with Gasteiger partial charge in [-0.05, 0) is 24.3 Å². The second-order valence-corrected chi connectivity index (χ2v) is 4.06. The summed E-state index contributed by atoms with van der Waals surface area (Å²) >= 11 is 0. The zero-order valence-corrected chi connectivity index (χ0v) is 11.3. The Balaban J connectivity index is 1.86. The standard InChI is InChI=1S/C14H17N7/c15-13(20-18-11-7-3-1-4-8-11)17-14(16)21-19-12-9-5-2-6-10-12/h1-10,18-19H,(H5,15,16,17,20,21). The Morgan fingerprint density at radius 2 is 1.38 bits per heavy atom. The second-order valence-electron chi connectivity index (χ2n) is 4.06. The number of aliphatic imine (C=N–C) groups is 1. The molecule has 7 N–H and O–H groups in total. The molecule has 0 saturated carbocycles. The molecule has 0 atom stereocenters. The van der Waals surface area contributed by atoms with Crippen LogP contribution in [-0.2, 0) is 0 Å². The highest BCUT2D eigenvalue weighted by Crippen LogP contribution is 2.04. The summed E-state index contributed by atoms with van der Waals surface area (Å²) in [5, 5.41) is 3.90. The fraction of sp³-hybridized carbons (Fsp3) is 0. The molecule has 0 radical (unpaired) electrons. The third-order valence-corrected chi connectivity index (χ3v) is 2.42. The number of guanidine groups is 2. The lowest BCUT2D eigenvalue weighted by Gasteiger charge is -2.08. The smallest absolute Gasteiger partial charge is 0.240 e. The van der Waals surface area contributed by atoms with E-state index in [0.29, 0.717) is 0 Å². The summed E-state index contributed by atoms with van der Waals surface area (Å²) in [6, 6.07) is 18.9. The van der Waals surface area contributed by atoms with Crippen molar-refractivity contribution in [2.24, 2.45) is 21.6 Å². The Kier molecular flexibility index (Phi) is 4.99. The van der Waals surface area contributed by atoms with Crippen LogP contribution in [0.25, 0.3) is 0 Å². The Labute approximate surface area is 122 Å². The van der Waals surface area contributed by atoms with Crippen molar-refractivity contribution in [2.75, 3.05) is 10.9 Å². The van der Waals surface area contributed by atoms with Crippen LogP contribution in [0.5, 0.6) is 0 Å². The number of para-hydroxylation sites is 2. The molecule has 7 heteroatoms. The molecule has 0 heterocycles. The quantitative estimate of drug-likeness (QED) is 0.329. The first-order valence-electron chi connectivity index (χ1n) is 6.29. The topological polar surface area (TPSA) is 113 Å². The minimum atomic E-state index is 0.0127. The first-order chi connectivity index (χ1) is 10.2. The highest BCUT2D eigenvalue weighted by Gasteiger charge is 1.94. The number of rotatable bonds is 4. The lowest BCUT2D eigenvalue weighted by Crippen LogP contribution is -2.37. The monoisotopic (exact) mass is 283 g/mol. The van der Waals surface area contributed by atoms with Crippen molar-refractivity contribution < 1.29 is 0 Å². The number of anilines is 2. The summed E-state index contributed by atoms with van der Waals surface area (Å²) in [5.74, 6) is 0.119. The zero-order chi connectivity index (χ0) is 14.9. The predicted octanol–water partition coefficient (Wildman–Crippen LogP) is 1.26. The van der Waals surface area contributed by atoms with Crippen molar-refractivity contribution >= 4 is 23.3 Å². The number of nitrogens with one attached hydrogen (secondary N) is 3. The van der Waals surface area contributed by atoms with Gasteiger partial charge in [-0.25, -0.2) is 0 Å². The predicted molar refractivity (Wildman–Crippen MR) is 86.5 cm³/mol. The van der Waals surface area contributed by atoms with Crippen molar-refractivity contribution in [3.05, 3.63) is 60.7 Å². The highest BCUT2D eigenvalue weighted by molar-refractivity contribution is 5.93. The van der Waals surface area contributed by atoms with Crippen molar-refractivity contribution in [1.82, 2.24) is 5.43 Å². The van der Waals surface area contributed by atoms with E-state index in [1.807, 2.05) is 60.7 Å². The molecule has 0 bridgehead atoms. The van der Waals surface area contributed by atoms with E-state index in [1.54, 1.807) is 0 Å². The van der Waals surface area contributed by atoms with Crippen molar-refractivity contribution in [2.45, 2.75) is 0 Å². The summed E-state index contributed by atoms with van der Waals surface area (Å²) < 4.78 is 0. The van der Waals surface area contributed by atoms with Crippen molar-refractivity contribution in [3.63, 3.8) is 0 Å². The molecule has 0 spiro atoms. The first-order valence-corrected chi connectivity index (χ1v) is 6.29. The number of hydrogen-bond donors (Lipinski definition) is 5. The van der Waals surface area contributed by atoms with E-state index >= 15 is 0 Å². The summed E-state index contributed by atoms with van der Waals surface area (Å²) in [7, 11) is 0. The van der Waals surface area contributed by atoms with Crippen LogP contribution in [0.1, 0.15) is 0 Å². The minimum absolute atomic E-state index is 0.0127. The van der Waals surface area contributed by atoms with Gasteiger partial charge in [0.05, 0.1) is 11.4 Å². The molecule has 0 aliphatic heterocycles. The highest BCUT2D eigenvalue weighted by atomic mass is 15.4. The van der Waals surface area contributed by atoms with Gasteiger partial charge in [-0.15, -0.1) is 5.10 Å². The molecule has 2 aromatic carbocycles. The van der Waals surface area contributed by atoms with E-state index in [2.05, 4.69) is 26.4 Å². The average molecular weight is 283 g/mol. The molecule has 0 unspecified atom stereocenters. The van der Waals surface area contributed by atoms with Crippen LogP contribution < -0.4 is 27.7 Å². The molecular formula is C14H17N7. The van der Waals surface area contributed by atoms with Gasteiger partial charge in [0.2, 0.25) is 11.9 Å². The van der Waals surface area contributed by atoms with Crippen LogP contribution in [0.2, 0.25) is 0 Å². The van der Waals surface area contributed by atoms with Gasteiger partial charge in [0.1, 0.15) is 0 Å². The maximum atomic E-state index is 5.68. The zero-order valence-electron chi connectivity index (χ0n) is 11.3. The molecule has 0 fully saturated rings. The number of benzene rings is 2. The summed E-state index contributed by atoms with van der Waals surface area (Å²) in [6.45, 7) is 0. The van der Waals surface area contributed by atoms with E-state index in [0.717, 1.165) is 11.4 Å². The fourth-order valence-corrected chi connectivity index (χ4v) is 1.47. The molecule has 0 aliphatic carbocycles. The maximum absolute atomic E-state index is 5.68. The van der Waals surface area contributed by atoms with Gasteiger partial charge in [0.15, 0.2) is 0 Å². The van der Waals surface area contributed by atoms with Gasteiger partial charge in [-0.1, -0.05) is 36.4 Å². The number of hydrogen-bond acceptors (Lipinski definition) is 3. The summed E-state index contributed by atoms with van der Waals surface area (Å²) in [5.41, 5.74) is 21.4. The van der Waals surface area contributed by atoms with Gasteiger partial charge >= 0.3 is 0 Å². The molecule has 21 heavy (non-hydrogen) atoms. The number of hydrazone groups is 1. The van der Waals surface area contributed by atoms with Gasteiger partial charge in [0.25, 0.3) is 0 Å². The Hall–Kier alpha value is -3.22. The second kappa shape index (κ2) is 7.39. The minimum Gasteiger partial charge on any atom is -0.368 e. The molecule has 0 aromatic heterocycles. The van der Waals surface area contributed by atoms with Crippen LogP contribution in [0.15, 0.2) is 70.8 Å². The fourth-order valence-electron chi connectivity index (χ4n) is 1.47. The number of nitrogens with two attached hydrogens (primary N) is 2. The van der Waals surface area contributed by atoms with Crippen LogP contribution >= 0.6 is 0 Å². The summed E-state index contributed by atoms with van der Waals surface area (Å²) in [6.07, 6.45) is 0. The molecule has 108 valence electrons. The first kappa shape index (κ1) is 14.2. The number of hydrazine groups is 1. The lowest BCUT2D eigenvalue weighted by atomic mass is 10.3. The van der Waals surface area contributed by atoms with Gasteiger partial charge in [-0.3, -0.25) is 16.3 Å². The van der Waals surface area contributed by atoms with E-state index in [4.69, 9.17) is 11.5 Å². The average Bonchev–Trinajstić information content (AvgIpc) is 2.53. The molecule has 0 saturated heterocycles. The Morgan fingerprint density at radius 1 is 0.810 bits per heavy atom. The van der Waals surface area contributed by atoms with E-state index in [9.17, 15) is 0 Å². The van der Waals surface area contributed by atoms with E-state index in [1.165, 1.54) is 0 Å². The van der Waals surface area contributed by atoms with Crippen LogP contribution in [0.4, 0.5) is 11.4 Å². The van der Waals surface area contributed by atoms with Crippen molar-refractivity contribution in [1.29, 1.82) is 0 Å². The maximum Gasteiger partial charge on any atom is 0.240 e. The molecular weight excluding hydrogens is 266 g/mol. The molecule has 7 nitrogen and oxygen atoms in total. The van der Waals surface area contributed by atoms with Crippen LogP contribution in [0, 0.1) is 0 Å². The van der Waals surface area contributed by atoms with Gasteiger partial charge in [-0.2, -0.15) is 4.99 Å². The lowest BCUT2D eigenvalue weighted by molar-refractivity contribution is 1.09. The largest absolute Gasteiger partial charge is 0.368 e. The molecule has 2 aromatic rings. The Morgan fingerprint density at radius 3 is 2.00 bits per heavy atom. The van der Waals surface area contributed by atoms with Crippen LogP contribution in [-0.4, -0.2) is 11.9 Å². The Bertz CT molecular complexity index is 608.